The molecule has 0 saturated carbocycles. The van der Waals surface area contributed by atoms with E-state index in [9.17, 15) is 0 Å². The van der Waals surface area contributed by atoms with Crippen molar-refractivity contribution in [3.05, 3.63) is 27.7 Å². The fourth-order valence-corrected chi connectivity index (χ4v) is 2.46. The molecule has 2 nitrogen and oxygen atoms in total. The first kappa shape index (κ1) is 9.99. The summed E-state index contributed by atoms with van der Waals surface area (Å²) in [7, 11) is 1.68. The Balaban J connectivity index is 2.51. The first-order chi connectivity index (χ1) is 6.72. The zero-order valence-corrected chi connectivity index (χ0v) is 9.93. The summed E-state index contributed by atoms with van der Waals surface area (Å²) in [6.07, 6.45) is 1.15. The smallest absolute Gasteiger partial charge is 0.120 e. The van der Waals surface area contributed by atoms with Gasteiger partial charge in [0.2, 0.25) is 0 Å². The van der Waals surface area contributed by atoms with E-state index in [1.807, 2.05) is 6.07 Å². The van der Waals surface area contributed by atoms with Gasteiger partial charge in [-0.15, -0.1) is 0 Å². The van der Waals surface area contributed by atoms with E-state index in [1.165, 1.54) is 11.1 Å². The average Bonchev–Trinajstić information content (AvgIpc) is 2.19. The van der Waals surface area contributed by atoms with E-state index in [1.54, 1.807) is 7.11 Å². The first-order valence-corrected chi connectivity index (χ1v) is 5.49. The normalized spacial score (nSPS) is 20.4. The molecule has 3 heteroatoms. The molecule has 1 unspecified atom stereocenters. The Morgan fingerprint density at radius 1 is 1.50 bits per heavy atom. The van der Waals surface area contributed by atoms with Gasteiger partial charge in [0.25, 0.3) is 0 Å². The van der Waals surface area contributed by atoms with Crippen molar-refractivity contribution in [3.8, 4) is 5.75 Å². The third-order valence-corrected chi connectivity index (χ3v) is 3.30. The van der Waals surface area contributed by atoms with Gasteiger partial charge in [0.15, 0.2) is 0 Å². The molecular formula is C11H13BrO2. The summed E-state index contributed by atoms with van der Waals surface area (Å²) < 4.78 is 11.9. The van der Waals surface area contributed by atoms with Gasteiger partial charge in [0.05, 0.1) is 19.8 Å². The second-order valence-corrected chi connectivity index (χ2v) is 4.29. The molecule has 14 heavy (non-hydrogen) atoms. The molecule has 1 heterocycles. The minimum Gasteiger partial charge on any atom is -0.497 e. The highest BCUT2D eigenvalue weighted by Crippen LogP contribution is 2.35. The molecule has 1 aliphatic rings. The summed E-state index contributed by atoms with van der Waals surface area (Å²) in [4.78, 5) is 0. The van der Waals surface area contributed by atoms with Gasteiger partial charge in [0.1, 0.15) is 5.75 Å². The Bertz CT molecular complexity index is 349. The summed E-state index contributed by atoms with van der Waals surface area (Å²) in [5.41, 5.74) is 2.59. The van der Waals surface area contributed by atoms with Crippen molar-refractivity contribution < 1.29 is 9.47 Å². The average molecular weight is 257 g/mol. The summed E-state index contributed by atoms with van der Waals surface area (Å²) in [5, 5.41) is 0. The molecule has 0 spiro atoms. The number of methoxy groups -OCH3 is 1. The van der Waals surface area contributed by atoms with Crippen LogP contribution < -0.4 is 4.74 Å². The van der Waals surface area contributed by atoms with E-state index in [0.29, 0.717) is 0 Å². The van der Waals surface area contributed by atoms with Crippen LogP contribution >= 0.6 is 15.9 Å². The monoisotopic (exact) mass is 256 g/mol. The third-order valence-electron chi connectivity index (χ3n) is 2.60. The molecule has 1 aliphatic heterocycles. The van der Waals surface area contributed by atoms with E-state index < -0.39 is 0 Å². The molecule has 0 amide bonds. The molecular weight excluding hydrogens is 244 g/mol. The van der Waals surface area contributed by atoms with Crippen molar-refractivity contribution in [3.63, 3.8) is 0 Å². The number of hydrogen-bond donors (Lipinski definition) is 0. The number of fused-ring (bicyclic) bond motifs is 1. The molecule has 2 rings (SSSR count). The number of ether oxygens (including phenoxy) is 2. The van der Waals surface area contributed by atoms with Gasteiger partial charge in [-0.05, 0) is 36.6 Å². The highest BCUT2D eigenvalue weighted by Gasteiger charge is 2.19. The van der Waals surface area contributed by atoms with Crippen molar-refractivity contribution >= 4 is 15.9 Å². The topological polar surface area (TPSA) is 18.5 Å². The van der Waals surface area contributed by atoms with Crippen LogP contribution in [0.25, 0.3) is 0 Å². The standard InChI is InChI=1S/C11H13BrO2/c1-7-10-5-8(13-2)6-11(12)9(10)3-4-14-7/h5-7H,3-4H2,1-2H3. The predicted molar refractivity (Wildman–Crippen MR) is 58.8 cm³/mol. The number of benzene rings is 1. The molecule has 0 N–H and O–H groups in total. The van der Waals surface area contributed by atoms with Crippen LogP contribution in [-0.4, -0.2) is 13.7 Å². The Morgan fingerprint density at radius 3 is 3.00 bits per heavy atom. The first-order valence-electron chi connectivity index (χ1n) is 4.70. The van der Waals surface area contributed by atoms with E-state index in [2.05, 4.69) is 28.9 Å². The molecule has 0 aliphatic carbocycles. The van der Waals surface area contributed by atoms with Crippen LogP contribution in [0.15, 0.2) is 16.6 Å². The minimum atomic E-state index is 0.171. The van der Waals surface area contributed by atoms with Crippen LogP contribution in [0, 0.1) is 0 Å². The lowest BCUT2D eigenvalue weighted by Gasteiger charge is -2.24. The van der Waals surface area contributed by atoms with Crippen molar-refractivity contribution in [1.82, 2.24) is 0 Å². The fraction of sp³-hybridized carbons (Fsp3) is 0.455. The lowest BCUT2D eigenvalue weighted by atomic mass is 9.98. The van der Waals surface area contributed by atoms with Crippen molar-refractivity contribution in [2.75, 3.05) is 13.7 Å². The van der Waals surface area contributed by atoms with Crippen LogP contribution in [0.5, 0.6) is 5.75 Å². The summed E-state index contributed by atoms with van der Waals surface area (Å²) in [6, 6.07) is 4.07. The van der Waals surface area contributed by atoms with Gasteiger partial charge in [-0.25, -0.2) is 0 Å². The Morgan fingerprint density at radius 2 is 2.29 bits per heavy atom. The molecule has 0 fully saturated rings. The van der Waals surface area contributed by atoms with E-state index in [-0.39, 0.29) is 6.10 Å². The van der Waals surface area contributed by atoms with E-state index in [0.717, 1.165) is 23.2 Å². The Labute approximate surface area is 92.3 Å². The second kappa shape index (κ2) is 3.91. The zero-order chi connectivity index (χ0) is 10.1. The quantitative estimate of drug-likeness (QED) is 0.769. The van der Waals surface area contributed by atoms with Gasteiger partial charge in [-0.3, -0.25) is 0 Å². The van der Waals surface area contributed by atoms with Crippen molar-refractivity contribution in [1.29, 1.82) is 0 Å². The zero-order valence-electron chi connectivity index (χ0n) is 8.34. The maximum Gasteiger partial charge on any atom is 0.120 e. The summed E-state index contributed by atoms with van der Waals surface area (Å²) in [5.74, 6) is 0.882. The fourth-order valence-electron chi connectivity index (χ4n) is 1.80. The maximum absolute atomic E-state index is 5.58. The molecule has 0 bridgehead atoms. The molecule has 1 aromatic rings. The molecule has 76 valence electrons. The lowest BCUT2D eigenvalue weighted by molar-refractivity contribution is 0.0551. The SMILES string of the molecule is COc1cc(Br)c2c(c1)C(C)OCC2. The number of rotatable bonds is 1. The van der Waals surface area contributed by atoms with E-state index >= 15 is 0 Å². The van der Waals surface area contributed by atoms with Gasteiger partial charge < -0.3 is 9.47 Å². The van der Waals surface area contributed by atoms with Crippen LogP contribution in [0.3, 0.4) is 0 Å². The number of hydrogen-bond acceptors (Lipinski definition) is 2. The Hall–Kier alpha value is -0.540. The summed E-state index contributed by atoms with van der Waals surface area (Å²) >= 11 is 3.57. The highest BCUT2D eigenvalue weighted by molar-refractivity contribution is 9.10. The largest absolute Gasteiger partial charge is 0.497 e. The van der Waals surface area contributed by atoms with Crippen LogP contribution in [0.2, 0.25) is 0 Å². The maximum atomic E-state index is 5.58. The van der Waals surface area contributed by atoms with Crippen molar-refractivity contribution in [2.45, 2.75) is 19.4 Å². The second-order valence-electron chi connectivity index (χ2n) is 3.44. The number of halogens is 1. The van der Waals surface area contributed by atoms with Crippen LogP contribution in [0.1, 0.15) is 24.2 Å². The molecule has 1 atom stereocenters. The molecule has 1 aromatic carbocycles. The third kappa shape index (κ3) is 1.66. The van der Waals surface area contributed by atoms with Gasteiger partial charge >= 0.3 is 0 Å². The lowest BCUT2D eigenvalue weighted by Crippen LogP contribution is -2.14. The highest BCUT2D eigenvalue weighted by atomic mass is 79.9. The molecule has 0 saturated heterocycles. The Kier molecular flexibility index (Phi) is 2.79. The minimum absolute atomic E-state index is 0.171. The van der Waals surface area contributed by atoms with Crippen molar-refractivity contribution in [2.24, 2.45) is 0 Å². The van der Waals surface area contributed by atoms with Crippen LogP contribution in [0.4, 0.5) is 0 Å². The van der Waals surface area contributed by atoms with Gasteiger partial charge in [0, 0.05) is 4.47 Å². The van der Waals surface area contributed by atoms with Crippen LogP contribution in [-0.2, 0) is 11.2 Å². The molecule has 0 aromatic heterocycles. The predicted octanol–water partition coefficient (Wildman–Crippen LogP) is 3.09. The van der Waals surface area contributed by atoms with Gasteiger partial charge in [-0.1, -0.05) is 15.9 Å². The summed E-state index contributed by atoms with van der Waals surface area (Å²) in [6.45, 7) is 2.88. The molecule has 0 radical (unpaired) electrons. The van der Waals surface area contributed by atoms with E-state index in [4.69, 9.17) is 9.47 Å². The van der Waals surface area contributed by atoms with Gasteiger partial charge in [-0.2, -0.15) is 0 Å².